The zero-order chi connectivity index (χ0) is 34.4. The molecule has 1 N–H and O–H groups in total. The Hall–Kier alpha value is -4.22. The van der Waals surface area contributed by atoms with E-state index in [0.29, 0.717) is 12.0 Å². The van der Waals surface area contributed by atoms with Gasteiger partial charge in [0.25, 0.3) is 0 Å². The highest BCUT2D eigenvalue weighted by molar-refractivity contribution is 8.03. The molecular formula is C48H42N2S2. The second kappa shape index (κ2) is 12.2. The lowest BCUT2D eigenvalue weighted by Crippen LogP contribution is -2.39. The van der Waals surface area contributed by atoms with E-state index in [4.69, 9.17) is 0 Å². The van der Waals surface area contributed by atoms with Crippen LogP contribution in [0.4, 0.5) is 0 Å². The van der Waals surface area contributed by atoms with Crippen LogP contribution in [0, 0.1) is 5.92 Å². The topological polar surface area (TPSA) is 17.0 Å². The third kappa shape index (κ3) is 4.50. The van der Waals surface area contributed by atoms with Crippen molar-refractivity contribution < 1.29 is 0 Å². The molecule has 1 spiro atoms. The van der Waals surface area contributed by atoms with Crippen LogP contribution in [0.3, 0.4) is 0 Å². The Kier molecular flexibility index (Phi) is 7.33. The summed E-state index contributed by atoms with van der Waals surface area (Å²) in [4.78, 5) is 5.71. The minimum Gasteiger partial charge on any atom is -0.316 e. The molecule has 3 aliphatic carbocycles. The Morgan fingerprint density at radius 3 is 2.63 bits per heavy atom. The maximum atomic E-state index is 3.78. The number of fused-ring (bicyclic) bond motifs is 10. The zero-order valence-corrected chi connectivity index (χ0v) is 31.2. The van der Waals surface area contributed by atoms with Gasteiger partial charge in [-0.05, 0) is 109 Å². The van der Waals surface area contributed by atoms with Gasteiger partial charge < -0.3 is 9.88 Å². The van der Waals surface area contributed by atoms with E-state index in [9.17, 15) is 0 Å². The number of hydrogen-bond acceptors (Lipinski definition) is 3. The van der Waals surface area contributed by atoms with Crippen molar-refractivity contribution >= 4 is 46.2 Å². The van der Waals surface area contributed by atoms with E-state index in [1.807, 2.05) is 23.5 Å². The van der Waals surface area contributed by atoms with Gasteiger partial charge in [0.05, 0.1) is 10.9 Å². The first-order valence-corrected chi connectivity index (χ1v) is 20.9. The van der Waals surface area contributed by atoms with Crippen LogP contribution in [0.5, 0.6) is 0 Å². The maximum Gasteiger partial charge on any atom is 0.0708 e. The molecule has 4 aromatic carbocycles. The third-order valence-electron chi connectivity index (χ3n) is 12.5. The Labute approximate surface area is 315 Å². The van der Waals surface area contributed by atoms with E-state index in [1.165, 1.54) is 88.1 Å². The van der Waals surface area contributed by atoms with Gasteiger partial charge in [0, 0.05) is 53.9 Å². The number of aromatic nitrogens is 1. The molecule has 0 bridgehead atoms. The normalized spacial score (nSPS) is 25.5. The number of nitrogens with zero attached hydrogens (tertiary/aromatic N) is 1. The van der Waals surface area contributed by atoms with Crippen molar-refractivity contribution in [2.75, 3.05) is 6.54 Å². The number of benzene rings is 4. The number of rotatable bonds is 3. The third-order valence-corrected chi connectivity index (χ3v) is 14.9. The molecule has 2 nitrogen and oxygen atoms in total. The van der Waals surface area contributed by atoms with Crippen molar-refractivity contribution in [1.29, 1.82) is 0 Å². The van der Waals surface area contributed by atoms with E-state index >= 15 is 0 Å². The molecule has 3 aliphatic heterocycles. The van der Waals surface area contributed by atoms with E-state index < -0.39 is 0 Å². The molecule has 6 aliphatic rings. The standard InChI is InChI=1S/C48H42N2S2/c1-30-23-26-44-40(28-30)48(38-25-24-31(29-45(38)51-44)41-20-11-27-49-41)37-18-6-8-22-43(37)52-47-36(17-10-19-39(47)48)35-16-9-15-34-33-14-5-7-21-42(33)50(46(34)35)32-12-3-2-4-13-32/h2-3,5-10,12,14-15,17-19,21-26,29-30,35,41,49H,4,11,13,16,20,27-28H2,1H3. The molecule has 4 heterocycles. The molecule has 0 radical (unpaired) electrons. The average Bonchev–Trinajstić information content (AvgIpc) is 3.86. The summed E-state index contributed by atoms with van der Waals surface area (Å²) in [6.07, 6.45) is 23.3. The smallest absolute Gasteiger partial charge is 0.0708 e. The van der Waals surface area contributed by atoms with Crippen LogP contribution in [-0.4, -0.2) is 11.1 Å². The van der Waals surface area contributed by atoms with Crippen molar-refractivity contribution in [3.05, 3.63) is 171 Å². The van der Waals surface area contributed by atoms with Gasteiger partial charge in [-0.25, -0.2) is 0 Å². The Morgan fingerprint density at radius 2 is 1.73 bits per heavy atom. The first-order chi connectivity index (χ1) is 25.7. The van der Waals surface area contributed by atoms with Gasteiger partial charge in [-0.3, -0.25) is 0 Å². The predicted octanol–water partition coefficient (Wildman–Crippen LogP) is 12.6. The number of para-hydroxylation sites is 1. The molecule has 52 heavy (non-hydrogen) atoms. The molecule has 11 rings (SSSR count). The number of thioether (sulfide) groups is 1. The zero-order valence-electron chi connectivity index (χ0n) is 29.6. The largest absolute Gasteiger partial charge is 0.316 e. The van der Waals surface area contributed by atoms with Gasteiger partial charge in [0.15, 0.2) is 0 Å². The number of allylic oxidation sites excluding steroid dienone is 8. The summed E-state index contributed by atoms with van der Waals surface area (Å²) < 4.78 is 2.64. The second-order valence-corrected chi connectivity index (χ2v) is 17.6. The van der Waals surface area contributed by atoms with Crippen molar-refractivity contribution in [2.24, 2.45) is 5.92 Å². The average molecular weight is 711 g/mol. The minimum atomic E-state index is -0.347. The predicted molar refractivity (Wildman–Crippen MR) is 219 cm³/mol. The summed E-state index contributed by atoms with van der Waals surface area (Å²) in [5, 5.41) is 5.14. The van der Waals surface area contributed by atoms with Crippen molar-refractivity contribution in [1.82, 2.24) is 9.88 Å². The van der Waals surface area contributed by atoms with Crippen molar-refractivity contribution in [3.8, 4) is 0 Å². The first-order valence-electron chi connectivity index (χ1n) is 19.2. The van der Waals surface area contributed by atoms with E-state index in [2.05, 4.69) is 144 Å². The SMILES string of the molecule is CC1C=CC2=C(C1)C1(c3ccc(C4CCCN4)cc3S2)c2ccccc2Sc2c(C3CC=Cc4c3n(C3=CC=CCC3)c3ccccc43)cccc21. The van der Waals surface area contributed by atoms with Crippen LogP contribution >= 0.6 is 23.5 Å². The minimum absolute atomic E-state index is 0.246. The molecule has 1 aromatic heterocycles. The van der Waals surface area contributed by atoms with Crippen LogP contribution < -0.4 is 5.32 Å². The fraction of sp³-hybridized carbons (Fsp3) is 0.250. The molecule has 256 valence electrons. The first kappa shape index (κ1) is 31.3. The summed E-state index contributed by atoms with van der Waals surface area (Å²) in [6, 6.07) is 33.7. The second-order valence-electron chi connectivity index (χ2n) is 15.4. The van der Waals surface area contributed by atoms with Gasteiger partial charge in [0.1, 0.15) is 0 Å². The van der Waals surface area contributed by atoms with Crippen molar-refractivity contribution in [2.45, 2.75) is 77.5 Å². The van der Waals surface area contributed by atoms with Crippen LogP contribution in [0.2, 0.25) is 0 Å². The van der Waals surface area contributed by atoms with Crippen LogP contribution in [-0.2, 0) is 5.41 Å². The summed E-state index contributed by atoms with van der Waals surface area (Å²) in [6.45, 7) is 3.51. The maximum absolute atomic E-state index is 3.78. The summed E-state index contributed by atoms with van der Waals surface area (Å²) >= 11 is 4.03. The monoisotopic (exact) mass is 710 g/mol. The lowest BCUT2D eigenvalue weighted by atomic mass is 9.61. The fourth-order valence-corrected chi connectivity index (χ4v) is 12.9. The van der Waals surface area contributed by atoms with Gasteiger partial charge in [0.2, 0.25) is 0 Å². The lowest BCUT2D eigenvalue weighted by molar-refractivity contribution is 0.574. The molecule has 1 fully saturated rings. The summed E-state index contributed by atoms with van der Waals surface area (Å²) in [7, 11) is 0. The van der Waals surface area contributed by atoms with Crippen LogP contribution in [0.1, 0.15) is 96.5 Å². The van der Waals surface area contributed by atoms with Crippen molar-refractivity contribution in [3.63, 3.8) is 0 Å². The van der Waals surface area contributed by atoms with Gasteiger partial charge in [-0.1, -0.05) is 134 Å². The molecule has 4 heteroatoms. The highest BCUT2D eigenvalue weighted by atomic mass is 32.2. The van der Waals surface area contributed by atoms with E-state index in [0.717, 1.165) is 32.2 Å². The molecule has 1 saturated heterocycles. The molecule has 0 amide bonds. The number of nitrogens with one attached hydrogen (secondary N) is 1. The fourth-order valence-electron chi connectivity index (χ4n) is 10.2. The summed E-state index contributed by atoms with van der Waals surface area (Å²) in [5.41, 5.74) is 14.1. The van der Waals surface area contributed by atoms with Crippen LogP contribution in [0.25, 0.3) is 22.7 Å². The van der Waals surface area contributed by atoms with Gasteiger partial charge >= 0.3 is 0 Å². The number of hydrogen-bond donors (Lipinski definition) is 1. The quantitative estimate of drug-likeness (QED) is 0.201. The Bertz CT molecular complexity index is 2470. The molecule has 4 unspecified atom stereocenters. The van der Waals surface area contributed by atoms with E-state index in [1.54, 1.807) is 5.57 Å². The molecule has 5 aromatic rings. The lowest BCUT2D eigenvalue weighted by Gasteiger charge is -2.48. The highest BCUT2D eigenvalue weighted by Gasteiger charge is 2.51. The summed E-state index contributed by atoms with van der Waals surface area (Å²) in [5.74, 6) is 0.739. The highest BCUT2D eigenvalue weighted by Crippen LogP contribution is 2.64. The van der Waals surface area contributed by atoms with Gasteiger partial charge in [-0.15, -0.1) is 0 Å². The van der Waals surface area contributed by atoms with E-state index in [-0.39, 0.29) is 11.3 Å². The Balaban J connectivity index is 1.19. The van der Waals surface area contributed by atoms with Crippen LogP contribution in [0.15, 0.2) is 147 Å². The molecule has 0 saturated carbocycles. The molecule has 4 atom stereocenters. The van der Waals surface area contributed by atoms with Gasteiger partial charge in [-0.2, -0.15) is 0 Å². The Morgan fingerprint density at radius 1 is 0.846 bits per heavy atom. The molecular weight excluding hydrogens is 669 g/mol.